The Morgan fingerprint density at radius 3 is 2.63 bits per heavy atom. The van der Waals surface area contributed by atoms with Gasteiger partial charge in [0.15, 0.2) is 5.65 Å². The predicted molar refractivity (Wildman–Crippen MR) is 104 cm³/mol. The Labute approximate surface area is 156 Å². The molecule has 1 amide bonds. The quantitative estimate of drug-likeness (QED) is 0.604. The summed E-state index contributed by atoms with van der Waals surface area (Å²) in [6.45, 7) is 6.51. The van der Waals surface area contributed by atoms with Crippen LogP contribution in [0.2, 0.25) is 0 Å². The Kier molecular flexibility index (Phi) is 4.19. The van der Waals surface area contributed by atoms with Crippen molar-refractivity contribution < 1.29 is 4.79 Å². The molecule has 7 heteroatoms. The Hall–Kier alpha value is -3.48. The summed E-state index contributed by atoms with van der Waals surface area (Å²) < 4.78 is 3.59. The maximum Gasteiger partial charge on any atom is 0.256 e. The summed E-state index contributed by atoms with van der Waals surface area (Å²) in [5.41, 5.74) is 4.58. The SMILES string of the molecule is CCn1nc(C)c2c(C(=O)Nc3ccc(-n4cccn4)cc3)cc(C)nc21. The Morgan fingerprint density at radius 1 is 1.19 bits per heavy atom. The van der Waals surface area contributed by atoms with Crippen molar-refractivity contribution in [2.24, 2.45) is 0 Å². The van der Waals surface area contributed by atoms with Crippen LogP contribution in [0.15, 0.2) is 48.8 Å². The van der Waals surface area contributed by atoms with Gasteiger partial charge in [0, 0.05) is 30.3 Å². The molecule has 0 spiro atoms. The number of pyridine rings is 1. The van der Waals surface area contributed by atoms with Crippen LogP contribution in [0.25, 0.3) is 16.7 Å². The fraction of sp³-hybridized carbons (Fsp3) is 0.200. The second-order valence-electron chi connectivity index (χ2n) is 6.36. The summed E-state index contributed by atoms with van der Waals surface area (Å²) in [6.07, 6.45) is 3.60. The standard InChI is InChI=1S/C20H20N6O/c1-4-25-19-18(14(3)24-25)17(12-13(2)22-19)20(27)23-15-6-8-16(9-7-15)26-11-5-10-21-26/h5-12H,4H2,1-3H3,(H,23,27). The molecule has 0 aliphatic rings. The van der Waals surface area contributed by atoms with Gasteiger partial charge in [-0.2, -0.15) is 10.2 Å². The highest BCUT2D eigenvalue weighted by Gasteiger charge is 2.18. The lowest BCUT2D eigenvalue weighted by Gasteiger charge is -2.09. The number of nitrogens with one attached hydrogen (secondary N) is 1. The third-order valence-electron chi connectivity index (χ3n) is 4.44. The molecule has 3 heterocycles. The zero-order chi connectivity index (χ0) is 19.0. The summed E-state index contributed by atoms with van der Waals surface area (Å²) >= 11 is 0. The summed E-state index contributed by atoms with van der Waals surface area (Å²) in [4.78, 5) is 17.5. The third kappa shape index (κ3) is 3.08. The minimum atomic E-state index is -0.170. The molecular weight excluding hydrogens is 340 g/mol. The van der Waals surface area contributed by atoms with Gasteiger partial charge in [-0.25, -0.2) is 14.3 Å². The molecule has 0 radical (unpaired) electrons. The molecule has 0 saturated heterocycles. The number of carbonyl (C=O) groups excluding carboxylic acids is 1. The highest BCUT2D eigenvalue weighted by molar-refractivity contribution is 6.12. The molecule has 7 nitrogen and oxygen atoms in total. The van der Waals surface area contributed by atoms with E-state index in [-0.39, 0.29) is 5.91 Å². The van der Waals surface area contributed by atoms with E-state index < -0.39 is 0 Å². The van der Waals surface area contributed by atoms with Crippen LogP contribution < -0.4 is 5.32 Å². The summed E-state index contributed by atoms with van der Waals surface area (Å²) in [7, 11) is 0. The van der Waals surface area contributed by atoms with Crippen LogP contribution in [0.1, 0.15) is 28.7 Å². The molecule has 136 valence electrons. The monoisotopic (exact) mass is 360 g/mol. The smallest absolute Gasteiger partial charge is 0.256 e. The molecule has 0 saturated carbocycles. The molecular formula is C20H20N6O. The summed E-state index contributed by atoms with van der Waals surface area (Å²) in [5.74, 6) is -0.170. The zero-order valence-electron chi connectivity index (χ0n) is 15.5. The van der Waals surface area contributed by atoms with E-state index in [9.17, 15) is 4.79 Å². The summed E-state index contributed by atoms with van der Waals surface area (Å²) in [5, 5.41) is 12.5. The van der Waals surface area contributed by atoms with Crippen molar-refractivity contribution in [2.75, 3.05) is 5.32 Å². The molecule has 1 aromatic carbocycles. The van der Waals surface area contributed by atoms with Crippen LogP contribution in [0.4, 0.5) is 5.69 Å². The normalized spacial score (nSPS) is 11.1. The van der Waals surface area contributed by atoms with Crippen molar-refractivity contribution in [2.45, 2.75) is 27.3 Å². The van der Waals surface area contributed by atoms with Crippen molar-refractivity contribution in [1.29, 1.82) is 0 Å². The lowest BCUT2D eigenvalue weighted by Crippen LogP contribution is -2.13. The van der Waals surface area contributed by atoms with Gasteiger partial charge in [0.25, 0.3) is 5.91 Å². The fourth-order valence-electron chi connectivity index (χ4n) is 3.20. The molecule has 27 heavy (non-hydrogen) atoms. The van der Waals surface area contributed by atoms with E-state index >= 15 is 0 Å². The minimum absolute atomic E-state index is 0.170. The van der Waals surface area contributed by atoms with Gasteiger partial charge in [-0.05, 0) is 57.2 Å². The molecule has 4 aromatic rings. The van der Waals surface area contributed by atoms with Crippen LogP contribution in [0.3, 0.4) is 0 Å². The number of rotatable bonds is 4. The number of amides is 1. The zero-order valence-corrected chi connectivity index (χ0v) is 15.5. The van der Waals surface area contributed by atoms with Crippen molar-refractivity contribution in [3.05, 3.63) is 65.7 Å². The van der Waals surface area contributed by atoms with Crippen molar-refractivity contribution in [1.82, 2.24) is 24.5 Å². The first kappa shape index (κ1) is 17.0. The third-order valence-corrected chi connectivity index (χ3v) is 4.44. The van der Waals surface area contributed by atoms with Gasteiger partial charge in [-0.15, -0.1) is 0 Å². The largest absolute Gasteiger partial charge is 0.322 e. The molecule has 0 aliphatic heterocycles. The van der Waals surface area contributed by atoms with Gasteiger partial charge in [0.1, 0.15) is 0 Å². The molecule has 0 unspecified atom stereocenters. The van der Waals surface area contributed by atoms with E-state index in [1.54, 1.807) is 10.9 Å². The van der Waals surface area contributed by atoms with Crippen molar-refractivity contribution >= 4 is 22.6 Å². The summed E-state index contributed by atoms with van der Waals surface area (Å²) in [6, 6.07) is 11.2. The fourth-order valence-corrected chi connectivity index (χ4v) is 3.20. The number of fused-ring (bicyclic) bond motifs is 1. The topological polar surface area (TPSA) is 77.6 Å². The molecule has 4 rings (SSSR count). The first-order chi connectivity index (χ1) is 13.1. The number of anilines is 1. The van der Waals surface area contributed by atoms with Gasteiger partial charge in [0.05, 0.1) is 22.3 Å². The van der Waals surface area contributed by atoms with E-state index in [0.717, 1.165) is 33.8 Å². The number of aromatic nitrogens is 5. The van der Waals surface area contributed by atoms with E-state index in [0.29, 0.717) is 12.1 Å². The molecule has 0 fully saturated rings. The first-order valence-corrected chi connectivity index (χ1v) is 8.83. The van der Waals surface area contributed by atoms with Crippen LogP contribution in [0.5, 0.6) is 0 Å². The van der Waals surface area contributed by atoms with E-state index in [4.69, 9.17) is 0 Å². The lowest BCUT2D eigenvalue weighted by atomic mass is 10.1. The van der Waals surface area contributed by atoms with Crippen molar-refractivity contribution in [3.8, 4) is 5.69 Å². The predicted octanol–water partition coefficient (Wildman–Crippen LogP) is 3.51. The second kappa shape index (κ2) is 6.68. The Bertz CT molecular complexity index is 1110. The number of hydrogen-bond donors (Lipinski definition) is 1. The van der Waals surface area contributed by atoms with Gasteiger partial charge >= 0.3 is 0 Å². The second-order valence-corrected chi connectivity index (χ2v) is 6.36. The Balaban J connectivity index is 1.66. The van der Waals surface area contributed by atoms with Gasteiger partial charge in [0.2, 0.25) is 0 Å². The highest BCUT2D eigenvalue weighted by Crippen LogP contribution is 2.23. The number of benzene rings is 1. The molecule has 1 N–H and O–H groups in total. The van der Waals surface area contributed by atoms with Crippen molar-refractivity contribution in [3.63, 3.8) is 0 Å². The molecule has 0 bridgehead atoms. The van der Waals surface area contributed by atoms with Crippen LogP contribution >= 0.6 is 0 Å². The van der Waals surface area contributed by atoms with E-state index in [2.05, 4.69) is 20.5 Å². The minimum Gasteiger partial charge on any atom is -0.322 e. The highest BCUT2D eigenvalue weighted by atomic mass is 16.1. The van der Waals surface area contributed by atoms with Crippen LogP contribution in [0, 0.1) is 13.8 Å². The number of nitrogens with zero attached hydrogens (tertiary/aromatic N) is 5. The number of aryl methyl sites for hydroxylation is 3. The number of hydrogen-bond acceptors (Lipinski definition) is 4. The average Bonchev–Trinajstić information content (AvgIpc) is 3.30. The maximum atomic E-state index is 13.0. The van der Waals surface area contributed by atoms with Crippen LogP contribution in [-0.2, 0) is 6.54 Å². The number of carbonyl (C=O) groups is 1. The molecule has 0 atom stereocenters. The molecule has 3 aromatic heterocycles. The van der Waals surface area contributed by atoms with Gasteiger partial charge < -0.3 is 5.32 Å². The average molecular weight is 360 g/mol. The van der Waals surface area contributed by atoms with Gasteiger partial charge in [-0.3, -0.25) is 4.79 Å². The Morgan fingerprint density at radius 2 is 1.96 bits per heavy atom. The van der Waals surface area contributed by atoms with Crippen LogP contribution in [-0.4, -0.2) is 30.5 Å². The molecule has 0 aliphatic carbocycles. The van der Waals surface area contributed by atoms with Gasteiger partial charge in [-0.1, -0.05) is 0 Å². The van der Waals surface area contributed by atoms with E-state index in [1.807, 2.05) is 68.0 Å². The lowest BCUT2D eigenvalue weighted by molar-refractivity contribution is 0.102. The van der Waals surface area contributed by atoms with E-state index in [1.165, 1.54) is 0 Å². The maximum absolute atomic E-state index is 13.0. The first-order valence-electron chi connectivity index (χ1n) is 8.83.